The second-order valence-electron chi connectivity index (χ2n) is 7.48. The topological polar surface area (TPSA) is 154 Å². The number of nitrogens with two attached hydrogens (primary N) is 1. The molecular weight excluding hydrogens is 354 g/mol. The Kier molecular flexibility index (Phi) is 4.47. The Labute approximate surface area is 156 Å². The fourth-order valence-corrected chi connectivity index (χ4v) is 4.44. The number of alkyl carbamates (subject to hydrolysis) is 1. The third kappa shape index (κ3) is 2.46. The highest BCUT2D eigenvalue weighted by molar-refractivity contribution is 5.94. The van der Waals surface area contributed by atoms with E-state index in [2.05, 4.69) is 10.6 Å². The van der Waals surface area contributed by atoms with Crippen molar-refractivity contribution in [3.8, 4) is 0 Å². The van der Waals surface area contributed by atoms with Crippen LogP contribution in [0.5, 0.6) is 0 Å². The first-order valence-corrected chi connectivity index (χ1v) is 8.69. The molecule has 1 aromatic carbocycles. The van der Waals surface area contributed by atoms with Crippen LogP contribution in [0.25, 0.3) is 0 Å². The summed E-state index contributed by atoms with van der Waals surface area (Å²) in [7, 11) is 0. The van der Waals surface area contributed by atoms with Crippen LogP contribution in [-0.4, -0.2) is 68.7 Å². The Morgan fingerprint density at radius 3 is 2.59 bits per heavy atom. The molecule has 2 fully saturated rings. The zero-order valence-electron chi connectivity index (χ0n) is 15.4. The maximum atomic E-state index is 11.8. The first-order chi connectivity index (χ1) is 12.5. The van der Waals surface area contributed by atoms with E-state index < -0.39 is 47.6 Å². The number of amides is 1. The molecule has 3 rings (SSSR count). The van der Waals surface area contributed by atoms with Crippen LogP contribution in [0.1, 0.15) is 31.1 Å². The van der Waals surface area contributed by atoms with Crippen LogP contribution in [-0.2, 0) is 4.74 Å². The minimum Gasteiger partial charge on any atom is -0.444 e. The third-order valence-electron chi connectivity index (χ3n) is 6.11. The van der Waals surface area contributed by atoms with Gasteiger partial charge in [0.25, 0.3) is 0 Å². The standard InChI is InChI=1S/C18H25N3O6/c1-9(23)11-5-4-6-12(7-11)20-14-13(19)18(10(2)27-15(24)21-18)16(3,25)17(14,26)8-22/h4-7,10,13-14,20,22,25-26H,8,19H2,1-3H3,(H,21,24)/t10-,13+,14+,16+,17-,18+/m1/s1. The molecule has 0 aromatic heterocycles. The van der Waals surface area contributed by atoms with E-state index in [1.807, 2.05) is 0 Å². The molecule has 1 aliphatic carbocycles. The van der Waals surface area contributed by atoms with Gasteiger partial charge >= 0.3 is 6.09 Å². The Bertz CT molecular complexity index is 784. The maximum absolute atomic E-state index is 11.8. The van der Waals surface area contributed by atoms with Crippen molar-refractivity contribution in [1.29, 1.82) is 0 Å². The van der Waals surface area contributed by atoms with Crippen LogP contribution in [0.15, 0.2) is 24.3 Å². The van der Waals surface area contributed by atoms with Crippen LogP contribution in [0, 0.1) is 0 Å². The summed E-state index contributed by atoms with van der Waals surface area (Å²) >= 11 is 0. The largest absolute Gasteiger partial charge is 0.444 e. The van der Waals surface area contributed by atoms with Crippen molar-refractivity contribution in [3.05, 3.63) is 29.8 Å². The molecule has 1 heterocycles. The number of rotatable bonds is 4. The molecule has 1 saturated heterocycles. The van der Waals surface area contributed by atoms with Crippen molar-refractivity contribution in [2.75, 3.05) is 11.9 Å². The number of Topliss-reactive ketones (excluding diaryl/α,β-unsaturated/α-hetero) is 1. The third-order valence-corrected chi connectivity index (χ3v) is 6.11. The van der Waals surface area contributed by atoms with Crippen LogP contribution in [0.3, 0.4) is 0 Å². The summed E-state index contributed by atoms with van der Waals surface area (Å²) in [4.78, 5) is 23.5. The number of ether oxygens (including phenoxy) is 1. The number of anilines is 1. The maximum Gasteiger partial charge on any atom is 0.408 e. The molecule has 27 heavy (non-hydrogen) atoms. The number of carbonyl (C=O) groups is 2. The van der Waals surface area contributed by atoms with E-state index in [0.717, 1.165) is 0 Å². The van der Waals surface area contributed by atoms with Crippen molar-refractivity contribution >= 4 is 17.6 Å². The molecule has 6 atom stereocenters. The predicted octanol–water partition coefficient (Wildman–Crippen LogP) is -0.648. The molecular formula is C18H25N3O6. The van der Waals surface area contributed by atoms with Crippen LogP contribution < -0.4 is 16.4 Å². The van der Waals surface area contributed by atoms with E-state index in [4.69, 9.17) is 10.5 Å². The fourth-order valence-electron chi connectivity index (χ4n) is 4.44. The van der Waals surface area contributed by atoms with Gasteiger partial charge in [-0.3, -0.25) is 4.79 Å². The Morgan fingerprint density at radius 2 is 2.07 bits per heavy atom. The quantitative estimate of drug-likeness (QED) is 0.377. The number of nitrogens with one attached hydrogen (secondary N) is 2. The van der Waals surface area contributed by atoms with Crippen LogP contribution >= 0.6 is 0 Å². The number of hydrogen-bond donors (Lipinski definition) is 6. The number of aliphatic hydroxyl groups is 3. The molecule has 7 N–H and O–H groups in total. The number of ketones is 1. The highest BCUT2D eigenvalue weighted by Crippen LogP contribution is 2.50. The lowest BCUT2D eigenvalue weighted by atomic mass is 9.74. The molecule has 1 amide bonds. The zero-order valence-corrected chi connectivity index (χ0v) is 15.4. The minimum absolute atomic E-state index is 0.139. The van der Waals surface area contributed by atoms with Crippen molar-refractivity contribution in [3.63, 3.8) is 0 Å². The van der Waals surface area contributed by atoms with Crippen LogP contribution in [0.4, 0.5) is 10.5 Å². The number of hydrogen-bond acceptors (Lipinski definition) is 8. The second kappa shape index (κ2) is 6.16. The molecule has 1 spiro atoms. The minimum atomic E-state index is -2.10. The summed E-state index contributed by atoms with van der Waals surface area (Å²) in [5, 5.41) is 38.0. The molecule has 9 heteroatoms. The average Bonchev–Trinajstić information content (AvgIpc) is 2.98. The van der Waals surface area contributed by atoms with Gasteiger partial charge in [-0.05, 0) is 32.9 Å². The van der Waals surface area contributed by atoms with Gasteiger partial charge in [-0.15, -0.1) is 0 Å². The zero-order chi connectivity index (χ0) is 20.2. The second-order valence-corrected chi connectivity index (χ2v) is 7.48. The smallest absolute Gasteiger partial charge is 0.408 e. The normalized spacial score (nSPS) is 40.7. The van der Waals surface area contributed by atoms with Crippen molar-refractivity contribution in [2.45, 2.75) is 55.7 Å². The Balaban J connectivity index is 2.06. The number of benzene rings is 1. The van der Waals surface area contributed by atoms with Gasteiger partial charge in [0.05, 0.1) is 18.7 Å². The van der Waals surface area contributed by atoms with Crippen molar-refractivity contribution < 1.29 is 29.6 Å². The van der Waals surface area contributed by atoms with Gasteiger partial charge in [-0.1, -0.05) is 12.1 Å². The summed E-state index contributed by atoms with van der Waals surface area (Å²) in [5.74, 6) is -0.139. The lowest BCUT2D eigenvalue weighted by Gasteiger charge is -2.44. The Hall–Kier alpha value is -2.20. The van der Waals surface area contributed by atoms with Crippen LogP contribution in [0.2, 0.25) is 0 Å². The van der Waals surface area contributed by atoms with Gasteiger partial charge in [-0.2, -0.15) is 0 Å². The van der Waals surface area contributed by atoms with E-state index in [0.29, 0.717) is 11.3 Å². The van der Waals surface area contributed by atoms with Crippen molar-refractivity contribution in [2.24, 2.45) is 5.73 Å². The molecule has 9 nitrogen and oxygen atoms in total. The Morgan fingerprint density at radius 1 is 1.41 bits per heavy atom. The molecule has 0 bridgehead atoms. The SMILES string of the molecule is CC(=O)c1cccc(N[C@H]2[C@H](N)[C@]3(NC(=O)O[C@@H]3C)[C@@](C)(O)[C@@]2(O)CO)c1. The lowest BCUT2D eigenvalue weighted by Crippen LogP contribution is -2.72. The predicted molar refractivity (Wildman–Crippen MR) is 96.3 cm³/mol. The van der Waals surface area contributed by atoms with Gasteiger partial charge in [0.1, 0.15) is 22.8 Å². The molecule has 0 radical (unpaired) electrons. The summed E-state index contributed by atoms with van der Waals surface area (Å²) in [6.07, 6.45) is -1.62. The first-order valence-electron chi connectivity index (χ1n) is 8.69. The summed E-state index contributed by atoms with van der Waals surface area (Å²) < 4.78 is 5.14. The van der Waals surface area contributed by atoms with Gasteiger partial charge in [-0.25, -0.2) is 4.79 Å². The summed E-state index contributed by atoms with van der Waals surface area (Å²) in [6.45, 7) is 3.48. The fraction of sp³-hybridized carbons (Fsp3) is 0.556. The van der Waals surface area contributed by atoms with E-state index >= 15 is 0 Å². The van der Waals surface area contributed by atoms with E-state index in [1.165, 1.54) is 13.8 Å². The summed E-state index contributed by atoms with van der Waals surface area (Å²) in [6, 6.07) is 4.49. The van der Waals surface area contributed by atoms with E-state index in [1.54, 1.807) is 31.2 Å². The first kappa shape index (κ1) is 19.6. The van der Waals surface area contributed by atoms with E-state index in [-0.39, 0.29) is 5.78 Å². The van der Waals surface area contributed by atoms with Gasteiger partial charge in [0, 0.05) is 11.3 Å². The molecule has 1 saturated carbocycles. The number of cyclic esters (lactones) is 1. The van der Waals surface area contributed by atoms with Gasteiger partial charge in [0.15, 0.2) is 5.78 Å². The number of carbonyl (C=O) groups excluding carboxylic acids is 2. The number of aliphatic hydroxyl groups excluding tert-OH is 1. The van der Waals surface area contributed by atoms with Crippen molar-refractivity contribution in [1.82, 2.24) is 5.32 Å². The molecule has 2 aliphatic rings. The summed E-state index contributed by atoms with van der Waals surface area (Å²) in [5.41, 5.74) is 1.66. The van der Waals surface area contributed by atoms with Gasteiger partial charge in [0.2, 0.25) is 0 Å². The molecule has 1 aromatic rings. The average molecular weight is 379 g/mol. The lowest BCUT2D eigenvalue weighted by molar-refractivity contribution is -0.176. The molecule has 0 unspecified atom stereocenters. The highest BCUT2D eigenvalue weighted by atomic mass is 16.6. The molecule has 148 valence electrons. The monoisotopic (exact) mass is 379 g/mol. The molecule has 1 aliphatic heterocycles. The van der Waals surface area contributed by atoms with E-state index in [9.17, 15) is 24.9 Å². The van der Waals surface area contributed by atoms with Gasteiger partial charge < -0.3 is 36.4 Å². The highest BCUT2D eigenvalue weighted by Gasteiger charge is 2.78.